The average Bonchev–Trinajstić information content (AvgIpc) is 2.15. The van der Waals surface area contributed by atoms with E-state index in [2.05, 4.69) is 4.74 Å². The van der Waals surface area contributed by atoms with Gasteiger partial charge in [0.1, 0.15) is 10.7 Å². The number of nitrogens with two attached hydrogens (primary N) is 1. The van der Waals surface area contributed by atoms with Crippen molar-refractivity contribution in [1.29, 1.82) is 0 Å². The van der Waals surface area contributed by atoms with Crippen molar-refractivity contribution in [1.82, 2.24) is 0 Å². The lowest BCUT2D eigenvalue weighted by molar-refractivity contribution is 0.111. The molecule has 0 aliphatic heterocycles. The molecule has 82 valence electrons. The van der Waals surface area contributed by atoms with E-state index in [1.807, 2.05) is 0 Å². The van der Waals surface area contributed by atoms with Gasteiger partial charge in [0.15, 0.2) is 12.0 Å². The largest absolute Gasteiger partial charge is 0.494 e. The lowest BCUT2D eigenvalue weighted by Gasteiger charge is -2.08. The van der Waals surface area contributed by atoms with Crippen molar-refractivity contribution in [2.75, 3.05) is 7.11 Å². The fourth-order valence-electron chi connectivity index (χ4n) is 1.10. The zero-order valence-corrected chi connectivity index (χ0v) is 8.55. The molecule has 7 heteroatoms. The van der Waals surface area contributed by atoms with Crippen LogP contribution < -0.4 is 9.88 Å². The van der Waals surface area contributed by atoms with Crippen molar-refractivity contribution < 1.29 is 22.3 Å². The van der Waals surface area contributed by atoms with Crippen LogP contribution in [0.1, 0.15) is 10.4 Å². The van der Waals surface area contributed by atoms with Crippen LogP contribution in [0.4, 0.5) is 4.39 Å². The second-order valence-corrected chi connectivity index (χ2v) is 4.19. The number of rotatable bonds is 3. The van der Waals surface area contributed by atoms with Crippen LogP contribution in [0.3, 0.4) is 0 Å². The summed E-state index contributed by atoms with van der Waals surface area (Å²) >= 11 is 0. The predicted octanol–water partition coefficient (Wildman–Crippen LogP) is 0.294. The molecule has 0 radical (unpaired) electrons. The number of sulfonamides is 1. The SMILES string of the molecule is COc1c(S(N)(=O)=O)ccc(F)c1C=O. The number of carbonyl (C=O) groups excluding carboxylic acids is 1. The number of benzene rings is 1. The van der Waals surface area contributed by atoms with Crippen LogP contribution >= 0.6 is 0 Å². The highest BCUT2D eigenvalue weighted by Gasteiger charge is 2.20. The first-order valence-electron chi connectivity index (χ1n) is 3.76. The normalized spacial score (nSPS) is 11.1. The van der Waals surface area contributed by atoms with Gasteiger partial charge in [-0.1, -0.05) is 0 Å². The molecule has 15 heavy (non-hydrogen) atoms. The van der Waals surface area contributed by atoms with Crippen LogP contribution in [0.15, 0.2) is 17.0 Å². The van der Waals surface area contributed by atoms with Crippen molar-refractivity contribution in [3.63, 3.8) is 0 Å². The number of carbonyl (C=O) groups is 1. The molecule has 0 atom stereocenters. The third-order valence-electron chi connectivity index (χ3n) is 1.74. The zero-order chi connectivity index (χ0) is 11.6. The van der Waals surface area contributed by atoms with Gasteiger partial charge in [0.25, 0.3) is 0 Å². The average molecular weight is 233 g/mol. The van der Waals surface area contributed by atoms with Crippen LogP contribution in [0.5, 0.6) is 5.75 Å². The van der Waals surface area contributed by atoms with Crippen LogP contribution in [0.2, 0.25) is 0 Å². The van der Waals surface area contributed by atoms with E-state index in [-0.39, 0.29) is 12.0 Å². The topological polar surface area (TPSA) is 86.5 Å². The number of aldehydes is 1. The van der Waals surface area contributed by atoms with Crippen LogP contribution in [-0.2, 0) is 10.0 Å². The lowest BCUT2D eigenvalue weighted by Crippen LogP contribution is -2.14. The minimum absolute atomic E-state index is 0.169. The number of methoxy groups -OCH3 is 1. The Morgan fingerprint density at radius 3 is 2.47 bits per heavy atom. The molecule has 1 aromatic rings. The summed E-state index contributed by atoms with van der Waals surface area (Å²) in [6, 6.07) is 1.78. The molecule has 0 bridgehead atoms. The Bertz CT molecular complexity index is 498. The van der Waals surface area contributed by atoms with Gasteiger partial charge < -0.3 is 4.74 Å². The second-order valence-electron chi connectivity index (χ2n) is 2.66. The molecule has 0 fully saturated rings. The van der Waals surface area contributed by atoms with E-state index in [0.29, 0.717) is 0 Å². The maximum absolute atomic E-state index is 13.1. The maximum Gasteiger partial charge on any atom is 0.241 e. The van der Waals surface area contributed by atoms with Gasteiger partial charge in [-0.2, -0.15) is 0 Å². The Balaban J connectivity index is 3.64. The molecule has 0 aliphatic rings. The predicted molar refractivity (Wildman–Crippen MR) is 49.7 cm³/mol. The van der Waals surface area contributed by atoms with Crippen LogP contribution in [-0.4, -0.2) is 21.8 Å². The molecule has 0 saturated carbocycles. The van der Waals surface area contributed by atoms with Crippen LogP contribution in [0, 0.1) is 5.82 Å². The maximum atomic E-state index is 13.1. The summed E-state index contributed by atoms with van der Waals surface area (Å²) in [5.41, 5.74) is -0.468. The molecule has 0 spiro atoms. The van der Waals surface area contributed by atoms with Gasteiger partial charge in [0.2, 0.25) is 10.0 Å². The molecule has 0 amide bonds. The molecule has 0 heterocycles. The highest BCUT2D eigenvalue weighted by atomic mass is 32.2. The molecule has 1 rings (SSSR count). The summed E-state index contributed by atoms with van der Waals surface area (Å²) in [6.45, 7) is 0. The minimum atomic E-state index is -4.05. The number of ether oxygens (including phenoxy) is 1. The van der Waals surface area contributed by atoms with E-state index in [1.54, 1.807) is 0 Å². The monoisotopic (exact) mass is 233 g/mol. The molecule has 1 aromatic carbocycles. The van der Waals surface area contributed by atoms with Gasteiger partial charge >= 0.3 is 0 Å². The first-order chi connectivity index (χ1) is 6.91. The minimum Gasteiger partial charge on any atom is -0.494 e. The summed E-state index contributed by atoms with van der Waals surface area (Å²) in [4.78, 5) is 10.1. The Morgan fingerprint density at radius 2 is 2.07 bits per heavy atom. The van der Waals surface area contributed by atoms with E-state index in [4.69, 9.17) is 5.14 Å². The molecule has 0 saturated heterocycles. The summed E-state index contributed by atoms with van der Waals surface area (Å²) in [5, 5.41) is 4.86. The Labute approximate surface area is 85.7 Å². The molecule has 2 N–H and O–H groups in total. The van der Waals surface area contributed by atoms with Gasteiger partial charge in [-0.15, -0.1) is 0 Å². The molecule has 0 aromatic heterocycles. The van der Waals surface area contributed by atoms with E-state index < -0.39 is 26.3 Å². The molecular formula is C8H8FNO4S. The molecular weight excluding hydrogens is 225 g/mol. The third-order valence-corrected chi connectivity index (χ3v) is 2.67. The first-order valence-corrected chi connectivity index (χ1v) is 5.31. The molecule has 0 aliphatic carbocycles. The van der Waals surface area contributed by atoms with Gasteiger partial charge in [-0.3, -0.25) is 4.79 Å². The molecule has 5 nitrogen and oxygen atoms in total. The first kappa shape index (κ1) is 11.6. The third kappa shape index (κ3) is 2.13. The Hall–Kier alpha value is -1.47. The highest BCUT2D eigenvalue weighted by Crippen LogP contribution is 2.27. The Morgan fingerprint density at radius 1 is 1.47 bits per heavy atom. The van der Waals surface area contributed by atoms with Gasteiger partial charge in [0, 0.05) is 0 Å². The highest BCUT2D eigenvalue weighted by molar-refractivity contribution is 7.89. The quantitative estimate of drug-likeness (QED) is 0.760. The summed E-state index contributed by atoms with van der Waals surface area (Å²) in [6.07, 6.45) is 0.169. The summed E-state index contributed by atoms with van der Waals surface area (Å²) in [5.74, 6) is -1.25. The zero-order valence-electron chi connectivity index (χ0n) is 7.73. The number of hydrogen-bond acceptors (Lipinski definition) is 4. The van der Waals surface area contributed by atoms with Crippen molar-refractivity contribution in [3.8, 4) is 5.75 Å². The van der Waals surface area contributed by atoms with Crippen molar-refractivity contribution in [2.45, 2.75) is 4.90 Å². The van der Waals surface area contributed by atoms with E-state index in [9.17, 15) is 17.6 Å². The number of primary sulfonamides is 1. The fraction of sp³-hybridized carbons (Fsp3) is 0.125. The Kier molecular flexibility index (Phi) is 3.06. The molecule has 0 unspecified atom stereocenters. The van der Waals surface area contributed by atoms with E-state index in [0.717, 1.165) is 19.2 Å². The van der Waals surface area contributed by atoms with E-state index >= 15 is 0 Å². The summed E-state index contributed by atoms with van der Waals surface area (Å²) < 4.78 is 39.8. The van der Waals surface area contributed by atoms with Crippen LogP contribution in [0.25, 0.3) is 0 Å². The van der Waals surface area contributed by atoms with E-state index in [1.165, 1.54) is 0 Å². The smallest absolute Gasteiger partial charge is 0.241 e. The number of halogens is 1. The number of hydrogen-bond donors (Lipinski definition) is 1. The second kappa shape index (κ2) is 3.95. The summed E-state index contributed by atoms with van der Waals surface area (Å²) in [7, 11) is -2.92. The fourth-order valence-corrected chi connectivity index (χ4v) is 1.81. The van der Waals surface area contributed by atoms with Crippen molar-refractivity contribution in [2.24, 2.45) is 5.14 Å². The van der Waals surface area contributed by atoms with Crippen molar-refractivity contribution >= 4 is 16.3 Å². The van der Waals surface area contributed by atoms with Gasteiger partial charge in [-0.25, -0.2) is 17.9 Å². The lowest BCUT2D eigenvalue weighted by atomic mass is 10.2. The standard InChI is InChI=1S/C8H8FNO4S/c1-14-8-5(4-11)6(9)2-3-7(8)15(10,12)13/h2-4H,1H3,(H2,10,12,13). The van der Waals surface area contributed by atoms with Gasteiger partial charge in [-0.05, 0) is 12.1 Å². The van der Waals surface area contributed by atoms with Gasteiger partial charge in [0.05, 0.1) is 12.7 Å². The van der Waals surface area contributed by atoms with Crippen molar-refractivity contribution in [3.05, 3.63) is 23.5 Å².